The Bertz CT molecular complexity index is 1330. The molecular weight excluding hydrogens is 515 g/mol. The van der Waals surface area contributed by atoms with Crippen LogP contribution in [0.2, 0.25) is 10.0 Å². The van der Waals surface area contributed by atoms with Crippen LogP contribution in [0.25, 0.3) is 6.08 Å². The number of carbonyl (C=O) groups is 2. The predicted molar refractivity (Wildman–Crippen MR) is 143 cm³/mol. The SMILES string of the molecule is CCOC(=O)c1ccc(NC(=O)/C(C#N)=C/c2cc(Cl)c(OCc3ccc(Cl)cc3)c(OCC)c2)cc1. The van der Waals surface area contributed by atoms with Crippen molar-refractivity contribution < 1.29 is 23.8 Å². The van der Waals surface area contributed by atoms with E-state index in [9.17, 15) is 14.9 Å². The van der Waals surface area contributed by atoms with Crippen LogP contribution in [-0.2, 0) is 16.1 Å². The van der Waals surface area contributed by atoms with Crippen LogP contribution in [0.4, 0.5) is 5.69 Å². The van der Waals surface area contributed by atoms with E-state index in [-0.39, 0.29) is 23.8 Å². The predicted octanol–water partition coefficient (Wildman–Crippen LogP) is 6.69. The van der Waals surface area contributed by atoms with Gasteiger partial charge < -0.3 is 19.5 Å². The van der Waals surface area contributed by atoms with Crippen molar-refractivity contribution in [3.63, 3.8) is 0 Å². The molecule has 0 fully saturated rings. The van der Waals surface area contributed by atoms with Gasteiger partial charge >= 0.3 is 5.97 Å². The quantitative estimate of drug-likeness (QED) is 0.175. The maximum Gasteiger partial charge on any atom is 0.338 e. The molecule has 1 N–H and O–H groups in total. The van der Waals surface area contributed by atoms with Crippen LogP contribution in [0, 0.1) is 11.3 Å². The van der Waals surface area contributed by atoms with Gasteiger partial charge in [-0.2, -0.15) is 5.26 Å². The topological polar surface area (TPSA) is 97.7 Å². The molecule has 0 aromatic heterocycles. The molecule has 9 heteroatoms. The van der Waals surface area contributed by atoms with Gasteiger partial charge in [-0.1, -0.05) is 35.3 Å². The van der Waals surface area contributed by atoms with Crippen LogP contribution < -0.4 is 14.8 Å². The van der Waals surface area contributed by atoms with Crippen molar-refractivity contribution >= 4 is 46.8 Å². The molecule has 7 nitrogen and oxygen atoms in total. The van der Waals surface area contributed by atoms with Gasteiger partial charge in [0.25, 0.3) is 5.91 Å². The molecule has 0 saturated heterocycles. The third-order valence-corrected chi connectivity index (χ3v) is 5.49. The molecule has 0 saturated carbocycles. The van der Waals surface area contributed by atoms with Crippen LogP contribution in [-0.4, -0.2) is 25.1 Å². The lowest BCUT2D eigenvalue weighted by atomic mass is 10.1. The van der Waals surface area contributed by atoms with E-state index >= 15 is 0 Å². The van der Waals surface area contributed by atoms with Gasteiger partial charge in [-0.15, -0.1) is 0 Å². The smallest absolute Gasteiger partial charge is 0.338 e. The highest BCUT2D eigenvalue weighted by Gasteiger charge is 2.15. The number of amides is 1. The number of ether oxygens (including phenoxy) is 3. The van der Waals surface area contributed by atoms with Crippen molar-refractivity contribution in [3.8, 4) is 17.6 Å². The summed E-state index contributed by atoms with van der Waals surface area (Å²) in [7, 11) is 0. The number of nitrogens with one attached hydrogen (secondary N) is 1. The van der Waals surface area contributed by atoms with Crippen LogP contribution in [0.15, 0.2) is 66.2 Å². The third kappa shape index (κ3) is 7.74. The highest BCUT2D eigenvalue weighted by Crippen LogP contribution is 2.38. The van der Waals surface area contributed by atoms with Crippen molar-refractivity contribution in [2.24, 2.45) is 0 Å². The van der Waals surface area contributed by atoms with Gasteiger partial charge in [0.15, 0.2) is 11.5 Å². The van der Waals surface area contributed by atoms with Gasteiger partial charge in [0.05, 0.1) is 23.8 Å². The van der Waals surface area contributed by atoms with Crippen LogP contribution in [0.5, 0.6) is 11.5 Å². The van der Waals surface area contributed by atoms with Crippen LogP contribution >= 0.6 is 23.2 Å². The largest absolute Gasteiger partial charge is 0.490 e. The van der Waals surface area contributed by atoms with Gasteiger partial charge in [-0.25, -0.2) is 4.79 Å². The van der Waals surface area contributed by atoms with E-state index < -0.39 is 11.9 Å². The van der Waals surface area contributed by atoms with Gasteiger partial charge in [0.2, 0.25) is 0 Å². The molecule has 0 radical (unpaired) electrons. The minimum absolute atomic E-state index is 0.150. The molecule has 190 valence electrons. The van der Waals surface area contributed by atoms with Crippen molar-refractivity contribution in [3.05, 3.63) is 93.0 Å². The third-order valence-electron chi connectivity index (χ3n) is 4.96. The number of carbonyl (C=O) groups excluding carboxylic acids is 2. The molecule has 0 atom stereocenters. The Morgan fingerprint density at radius 1 is 0.973 bits per heavy atom. The molecule has 3 rings (SSSR count). The lowest BCUT2D eigenvalue weighted by Crippen LogP contribution is -2.13. The highest BCUT2D eigenvalue weighted by atomic mass is 35.5. The summed E-state index contributed by atoms with van der Waals surface area (Å²) in [5, 5.41) is 13.1. The lowest BCUT2D eigenvalue weighted by molar-refractivity contribution is -0.112. The van der Waals surface area contributed by atoms with E-state index in [0.717, 1.165) is 5.56 Å². The Morgan fingerprint density at radius 3 is 2.30 bits per heavy atom. The molecular formula is C28H24Cl2N2O5. The Kier molecular flexibility index (Phi) is 9.96. The maximum atomic E-state index is 12.7. The number of halogens is 2. The number of hydrogen-bond donors (Lipinski definition) is 1. The maximum absolute atomic E-state index is 12.7. The molecule has 0 aliphatic rings. The number of nitriles is 1. The normalized spacial score (nSPS) is 10.8. The Labute approximate surface area is 225 Å². The number of nitrogens with zero attached hydrogens (tertiary/aromatic N) is 1. The molecule has 0 bridgehead atoms. The number of hydrogen-bond acceptors (Lipinski definition) is 6. The Morgan fingerprint density at radius 2 is 1.68 bits per heavy atom. The van der Waals surface area contributed by atoms with E-state index in [1.165, 1.54) is 18.2 Å². The fraction of sp³-hybridized carbons (Fsp3) is 0.179. The van der Waals surface area contributed by atoms with E-state index in [1.807, 2.05) is 25.1 Å². The highest BCUT2D eigenvalue weighted by molar-refractivity contribution is 6.32. The molecule has 0 aliphatic heterocycles. The van der Waals surface area contributed by atoms with Crippen LogP contribution in [0.3, 0.4) is 0 Å². The van der Waals surface area contributed by atoms with E-state index in [0.29, 0.717) is 39.9 Å². The summed E-state index contributed by atoms with van der Waals surface area (Å²) < 4.78 is 16.6. The Balaban J connectivity index is 1.78. The summed E-state index contributed by atoms with van der Waals surface area (Å²) in [6.45, 7) is 4.40. The zero-order chi connectivity index (χ0) is 26.8. The Hall–Kier alpha value is -3.99. The first-order valence-electron chi connectivity index (χ1n) is 11.4. The molecule has 3 aromatic carbocycles. The summed E-state index contributed by atoms with van der Waals surface area (Å²) in [5.74, 6) is -0.355. The van der Waals surface area contributed by atoms with Crippen LogP contribution in [0.1, 0.15) is 35.3 Å². The standard InChI is InChI=1S/C28H24Cl2N2O5/c1-3-35-25-15-19(14-24(30)26(25)37-17-18-5-9-22(29)10-6-18)13-21(16-31)27(33)32-23-11-7-20(8-12-23)28(34)36-4-2/h5-15H,3-4,17H2,1-2H3,(H,32,33)/b21-13+. The molecule has 1 amide bonds. The van der Waals surface area contributed by atoms with Gasteiger partial charge in [-0.05, 0) is 79.6 Å². The fourth-order valence-corrected chi connectivity index (χ4v) is 3.63. The number of benzene rings is 3. The molecule has 0 aliphatic carbocycles. The van der Waals surface area contributed by atoms with E-state index in [1.54, 1.807) is 43.3 Å². The van der Waals surface area contributed by atoms with Gasteiger partial charge in [-0.3, -0.25) is 4.79 Å². The fourth-order valence-electron chi connectivity index (χ4n) is 3.23. The van der Waals surface area contributed by atoms with Gasteiger partial charge in [0, 0.05) is 10.7 Å². The van der Waals surface area contributed by atoms with Crippen molar-refractivity contribution in [2.75, 3.05) is 18.5 Å². The van der Waals surface area contributed by atoms with E-state index in [2.05, 4.69) is 5.32 Å². The molecule has 0 spiro atoms. The summed E-state index contributed by atoms with van der Waals surface area (Å²) in [4.78, 5) is 24.5. The minimum atomic E-state index is -0.622. The molecule has 37 heavy (non-hydrogen) atoms. The first-order valence-corrected chi connectivity index (χ1v) is 12.1. The minimum Gasteiger partial charge on any atom is -0.490 e. The summed E-state index contributed by atoms with van der Waals surface area (Å²) in [5.41, 5.74) is 2.00. The monoisotopic (exact) mass is 538 g/mol. The van der Waals surface area contributed by atoms with Crippen molar-refractivity contribution in [1.82, 2.24) is 0 Å². The average molecular weight is 539 g/mol. The lowest BCUT2D eigenvalue weighted by Gasteiger charge is -2.15. The zero-order valence-electron chi connectivity index (χ0n) is 20.2. The summed E-state index contributed by atoms with van der Waals surface area (Å²) in [6.07, 6.45) is 1.40. The second-order valence-electron chi connectivity index (χ2n) is 7.60. The molecule has 0 unspecified atom stereocenters. The first kappa shape index (κ1) is 27.6. The zero-order valence-corrected chi connectivity index (χ0v) is 21.7. The second-order valence-corrected chi connectivity index (χ2v) is 8.44. The second kappa shape index (κ2) is 13.4. The first-order chi connectivity index (χ1) is 17.8. The number of rotatable bonds is 10. The van der Waals surface area contributed by atoms with E-state index in [4.69, 9.17) is 37.4 Å². The average Bonchev–Trinajstić information content (AvgIpc) is 2.88. The van der Waals surface area contributed by atoms with Crippen molar-refractivity contribution in [1.29, 1.82) is 5.26 Å². The molecule has 0 heterocycles. The summed E-state index contributed by atoms with van der Waals surface area (Å²) in [6, 6.07) is 18.5. The number of esters is 1. The van der Waals surface area contributed by atoms with Gasteiger partial charge in [0.1, 0.15) is 18.2 Å². The number of anilines is 1. The van der Waals surface area contributed by atoms with Crippen molar-refractivity contribution in [2.45, 2.75) is 20.5 Å². The molecule has 3 aromatic rings. The summed E-state index contributed by atoms with van der Waals surface area (Å²) >= 11 is 12.4.